The topological polar surface area (TPSA) is 55.2 Å². The van der Waals surface area contributed by atoms with Gasteiger partial charge >= 0.3 is 6.55 Å². The molecule has 5 nitrogen and oxygen atoms in total. The lowest BCUT2D eigenvalue weighted by molar-refractivity contribution is 0.0538. The molecule has 1 aromatic rings. The summed E-state index contributed by atoms with van der Waals surface area (Å²) in [6.07, 6.45) is 7.75. The van der Waals surface area contributed by atoms with Crippen molar-refractivity contribution in [2.24, 2.45) is 0 Å². The minimum absolute atomic E-state index is 0.00427. The molecule has 0 spiro atoms. The van der Waals surface area contributed by atoms with Crippen LogP contribution in [-0.4, -0.2) is 35.6 Å². The molecule has 1 heterocycles. The zero-order chi connectivity index (χ0) is 19.7. The molecule has 0 atom stereocenters. The highest BCUT2D eigenvalue weighted by molar-refractivity contribution is 7.89. The molecule has 0 saturated heterocycles. The van der Waals surface area contributed by atoms with Crippen LogP contribution in [0.4, 0.5) is 8.78 Å². The second-order valence-electron chi connectivity index (χ2n) is 6.75. The lowest BCUT2D eigenvalue weighted by Gasteiger charge is -2.22. The monoisotopic (exact) mass is 393 g/mol. The van der Waals surface area contributed by atoms with Crippen LogP contribution >= 0.6 is 0 Å². The maximum atomic E-state index is 13.2. The zero-order valence-electron chi connectivity index (χ0n) is 16.5. The molecule has 0 fully saturated rings. The van der Waals surface area contributed by atoms with Crippen molar-refractivity contribution < 1.29 is 17.2 Å². The summed E-state index contributed by atoms with van der Waals surface area (Å²) >= 11 is 0. The van der Waals surface area contributed by atoms with Gasteiger partial charge in [0, 0.05) is 13.1 Å². The molecule has 0 amide bonds. The number of rotatable bonds is 13. The van der Waals surface area contributed by atoms with Gasteiger partial charge in [0.15, 0.2) is 0 Å². The number of hydrogen-bond donors (Lipinski definition) is 0. The summed E-state index contributed by atoms with van der Waals surface area (Å²) in [6.45, 7) is 5.08. The Bertz CT molecular complexity index is 633. The van der Waals surface area contributed by atoms with Crippen molar-refractivity contribution in [1.82, 2.24) is 14.1 Å². The molecule has 8 heteroatoms. The quantitative estimate of drug-likeness (QED) is 0.441. The average Bonchev–Trinajstić information content (AvgIpc) is 2.88. The fourth-order valence-electron chi connectivity index (χ4n) is 3.12. The normalized spacial score (nSPS) is 12.5. The first-order valence-corrected chi connectivity index (χ1v) is 11.0. The fraction of sp³-hybridized carbons (Fsp3) is 0.833. The highest BCUT2D eigenvalue weighted by Gasteiger charge is 2.31. The van der Waals surface area contributed by atoms with Gasteiger partial charge in [-0.2, -0.15) is 18.2 Å². The molecule has 26 heavy (non-hydrogen) atoms. The van der Waals surface area contributed by atoms with Gasteiger partial charge in [0.1, 0.15) is 4.90 Å². The molecule has 0 saturated carbocycles. The molecule has 1 aromatic heterocycles. The summed E-state index contributed by atoms with van der Waals surface area (Å²) in [5.41, 5.74) is 0.138. The van der Waals surface area contributed by atoms with Crippen LogP contribution in [0.5, 0.6) is 0 Å². The Hall–Kier alpha value is -1.02. The van der Waals surface area contributed by atoms with Crippen LogP contribution in [0.1, 0.15) is 83.2 Å². The summed E-state index contributed by atoms with van der Waals surface area (Å²) in [4.78, 5) is -0.0659. The standard InChI is InChI=1S/C18H33F2N3O2S/c1-5-7-9-11-13-22(14-12-10-8-6-2)26(24,25)17-15(3)21-23(16(17)4)18(19)20/h18H,5-14H2,1-4H3. The molecule has 0 aromatic carbocycles. The van der Waals surface area contributed by atoms with E-state index in [-0.39, 0.29) is 16.3 Å². The summed E-state index contributed by atoms with van der Waals surface area (Å²) < 4.78 is 54.4. The van der Waals surface area contributed by atoms with E-state index in [9.17, 15) is 17.2 Å². The maximum Gasteiger partial charge on any atom is 0.333 e. The van der Waals surface area contributed by atoms with Gasteiger partial charge in [-0.25, -0.2) is 13.1 Å². The number of unbranched alkanes of at least 4 members (excludes halogenated alkanes) is 6. The molecular weight excluding hydrogens is 360 g/mol. The van der Waals surface area contributed by atoms with Crippen molar-refractivity contribution >= 4 is 10.0 Å². The van der Waals surface area contributed by atoms with Crippen molar-refractivity contribution in [2.75, 3.05) is 13.1 Å². The molecule has 0 unspecified atom stereocenters. The fourth-order valence-corrected chi connectivity index (χ4v) is 5.00. The zero-order valence-corrected chi connectivity index (χ0v) is 17.3. The first-order valence-electron chi connectivity index (χ1n) is 9.61. The van der Waals surface area contributed by atoms with E-state index in [1.165, 1.54) is 18.2 Å². The van der Waals surface area contributed by atoms with Crippen LogP contribution in [-0.2, 0) is 10.0 Å². The third-order valence-corrected chi connectivity index (χ3v) is 6.72. The van der Waals surface area contributed by atoms with E-state index in [0.29, 0.717) is 17.8 Å². The van der Waals surface area contributed by atoms with Crippen LogP contribution < -0.4 is 0 Å². The third kappa shape index (κ3) is 6.01. The Morgan fingerprint density at radius 3 is 1.85 bits per heavy atom. The number of aryl methyl sites for hydroxylation is 1. The molecule has 0 aliphatic heterocycles. The van der Waals surface area contributed by atoms with Crippen LogP contribution in [0.2, 0.25) is 0 Å². The van der Waals surface area contributed by atoms with Crippen molar-refractivity contribution in [3.63, 3.8) is 0 Å². The van der Waals surface area contributed by atoms with Gasteiger partial charge in [-0.3, -0.25) is 0 Å². The van der Waals surface area contributed by atoms with E-state index in [1.807, 2.05) is 0 Å². The van der Waals surface area contributed by atoms with Gasteiger partial charge in [-0.1, -0.05) is 52.4 Å². The Kier molecular flexibility index (Phi) is 9.71. The summed E-state index contributed by atoms with van der Waals surface area (Å²) in [7, 11) is -3.83. The molecule has 0 bridgehead atoms. The van der Waals surface area contributed by atoms with Crippen molar-refractivity contribution in [1.29, 1.82) is 0 Å². The molecule has 152 valence electrons. The van der Waals surface area contributed by atoms with Gasteiger partial charge in [0.05, 0.1) is 11.4 Å². The minimum atomic E-state index is -3.83. The summed E-state index contributed by atoms with van der Waals surface area (Å²) in [5, 5.41) is 3.74. The van der Waals surface area contributed by atoms with Crippen molar-refractivity contribution in [3.8, 4) is 0 Å². The number of halogens is 2. The van der Waals surface area contributed by atoms with E-state index in [2.05, 4.69) is 18.9 Å². The Balaban J connectivity index is 3.04. The van der Waals surface area contributed by atoms with Crippen LogP contribution in [0, 0.1) is 13.8 Å². The molecule has 1 rings (SSSR count). The van der Waals surface area contributed by atoms with Gasteiger partial charge in [-0.05, 0) is 26.7 Å². The first-order chi connectivity index (χ1) is 12.3. The number of nitrogens with zero attached hydrogens (tertiary/aromatic N) is 3. The number of aromatic nitrogens is 2. The Morgan fingerprint density at radius 2 is 1.46 bits per heavy atom. The Morgan fingerprint density at radius 1 is 0.962 bits per heavy atom. The largest absolute Gasteiger partial charge is 0.333 e. The second kappa shape index (κ2) is 11.0. The highest BCUT2D eigenvalue weighted by Crippen LogP contribution is 2.27. The smallest absolute Gasteiger partial charge is 0.207 e. The summed E-state index contributed by atoms with van der Waals surface area (Å²) in [6, 6.07) is 0. The maximum absolute atomic E-state index is 13.2. The molecule has 0 radical (unpaired) electrons. The van der Waals surface area contributed by atoms with E-state index in [1.54, 1.807) is 0 Å². The number of hydrogen-bond acceptors (Lipinski definition) is 3. The molecule has 0 aliphatic rings. The van der Waals surface area contributed by atoms with Gasteiger partial charge in [0.2, 0.25) is 10.0 Å². The van der Waals surface area contributed by atoms with Crippen LogP contribution in [0.15, 0.2) is 4.90 Å². The lowest BCUT2D eigenvalue weighted by atomic mass is 10.2. The Labute approximate surface area is 156 Å². The third-order valence-electron chi connectivity index (χ3n) is 4.56. The van der Waals surface area contributed by atoms with Gasteiger partial charge in [-0.15, -0.1) is 0 Å². The minimum Gasteiger partial charge on any atom is -0.207 e. The van der Waals surface area contributed by atoms with Gasteiger partial charge in [0.25, 0.3) is 0 Å². The predicted octanol–water partition coefficient (Wildman–Crippen LogP) is 5.05. The van der Waals surface area contributed by atoms with Crippen molar-refractivity contribution in [2.45, 2.75) is 90.5 Å². The van der Waals surface area contributed by atoms with E-state index < -0.39 is 16.6 Å². The SMILES string of the molecule is CCCCCCN(CCCCCC)S(=O)(=O)c1c(C)nn(C(F)F)c1C. The molecule has 0 N–H and O–H groups in total. The lowest BCUT2D eigenvalue weighted by Crippen LogP contribution is -2.33. The highest BCUT2D eigenvalue weighted by atomic mass is 32.2. The van der Waals surface area contributed by atoms with Crippen LogP contribution in [0.3, 0.4) is 0 Å². The van der Waals surface area contributed by atoms with E-state index in [4.69, 9.17) is 0 Å². The van der Waals surface area contributed by atoms with Gasteiger partial charge < -0.3 is 0 Å². The average molecular weight is 394 g/mol. The number of alkyl halides is 2. The summed E-state index contributed by atoms with van der Waals surface area (Å²) in [5.74, 6) is 0. The van der Waals surface area contributed by atoms with Crippen molar-refractivity contribution in [3.05, 3.63) is 11.4 Å². The number of sulfonamides is 1. The van der Waals surface area contributed by atoms with E-state index >= 15 is 0 Å². The second-order valence-corrected chi connectivity index (χ2v) is 8.62. The molecule has 0 aliphatic carbocycles. The van der Waals surface area contributed by atoms with E-state index in [0.717, 1.165) is 51.4 Å². The predicted molar refractivity (Wildman–Crippen MR) is 100.0 cm³/mol. The van der Waals surface area contributed by atoms with Crippen LogP contribution in [0.25, 0.3) is 0 Å². The first kappa shape index (κ1) is 23.0. The molecular formula is C18H33F2N3O2S.